The van der Waals surface area contributed by atoms with Crippen LogP contribution in [0.25, 0.3) is 11.8 Å². The maximum Gasteiger partial charge on any atom is 0.271 e. The molecular weight excluding hydrogens is 496 g/mol. The van der Waals surface area contributed by atoms with Gasteiger partial charge in [-0.1, -0.05) is 53.8 Å². The fraction of sp³-hybridized carbons (Fsp3) is 0.226. The van der Waals surface area contributed by atoms with E-state index < -0.39 is 0 Å². The quantitative estimate of drug-likeness (QED) is 0.366. The third kappa shape index (κ3) is 4.13. The molecule has 1 aliphatic carbocycles. The molecule has 0 N–H and O–H groups in total. The van der Waals surface area contributed by atoms with E-state index in [2.05, 4.69) is 30.3 Å². The molecule has 1 atom stereocenters. The van der Waals surface area contributed by atoms with Gasteiger partial charge in [-0.3, -0.25) is 9.36 Å². The van der Waals surface area contributed by atoms with Crippen molar-refractivity contribution < 1.29 is 14.2 Å². The first-order chi connectivity index (χ1) is 18.6. The van der Waals surface area contributed by atoms with Gasteiger partial charge in [-0.15, -0.1) is 0 Å². The molecule has 38 heavy (non-hydrogen) atoms. The fourth-order valence-electron chi connectivity index (χ4n) is 5.33. The molecule has 6 rings (SSSR count). The Balaban J connectivity index is 1.56. The molecule has 0 bridgehead atoms. The number of benzene rings is 3. The van der Waals surface area contributed by atoms with E-state index in [1.54, 1.807) is 14.2 Å². The maximum atomic E-state index is 14.0. The first-order valence-electron chi connectivity index (χ1n) is 12.7. The van der Waals surface area contributed by atoms with Gasteiger partial charge in [0.2, 0.25) is 0 Å². The molecule has 6 nitrogen and oxygen atoms in total. The van der Waals surface area contributed by atoms with E-state index in [0.717, 1.165) is 41.0 Å². The summed E-state index contributed by atoms with van der Waals surface area (Å²) in [6.45, 7) is 2.48. The molecule has 0 saturated carbocycles. The van der Waals surface area contributed by atoms with Gasteiger partial charge in [-0.25, -0.2) is 4.99 Å². The maximum absolute atomic E-state index is 14.0. The minimum absolute atomic E-state index is 0.0557. The Morgan fingerprint density at radius 3 is 2.68 bits per heavy atom. The summed E-state index contributed by atoms with van der Waals surface area (Å²) in [5, 5.41) is 0. The van der Waals surface area contributed by atoms with Gasteiger partial charge in [0.15, 0.2) is 16.3 Å². The number of rotatable bonds is 6. The summed E-state index contributed by atoms with van der Waals surface area (Å²) in [7, 11) is 3.28. The number of aromatic nitrogens is 1. The number of aryl methyl sites for hydroxylation is 1. The predicted molar refractivity (Wildman–Crippen MR) is 150 cm³/mol. The van der Waals surface area contributed by atoms with Crippen LogP contribution in [-0.2, 0) is 6.42 Å². The number of methoxy groups -OCH3 is 2. The van der Waals surface area contributed by atoms with Crippen molar-refractivity contribution in [2.24, 2.45) is 4.99 Å². The van der Waals surface area contributed by atoms with Crippen LogP contribution in [0.15, 0.2) is 82.1 Å². The summed E-state index contributed by atoms with van der Waals surface area (Å²) in [6.07, 6.45) is 3.67. The number of fused-ring (bicyclic) bond motifs is 3. The summed E-state index contributed by atoms with van der Waals surface area (Å²) in [4.78, 5) is 19.8. The molecule has 2 heterocycles. The molecule has 1 aromatic heterocycles. The van der Waals surface area contributed by atoms with Crippen molar-refractivity contribution in [1.29, 1.82) is 0 Å². The van der Waals surface area contributed by atoms with Crippen LogP contribution in [0.1, 0.15) is 41.6 Å². The zero-order chi connectivity index (χ0) is 26.2. The van der Waals surface area contributed by atoms with Gasteiger partial charge in [-0.2, -0.15) is 0 Å². The number of ether oxygens (including phenoxy) is 3. The van der Waals surface area contributed by atoms with E-state index in [1.165, 1.54) is 22.5 Å². The van der Waals surface area contributed by atoms with Crippen LogP contribution in [-0.4, -0.2) is 25.4 Å². The van der Waals surface area contributed by atoms with Gasteiger partial charge < -0.3 is 14.2 Å². The Bertz CT molecular complexity index is 1750. The third-order valence-corrected chi connectivity index (χ3v) is 8.05. The first-order valence-corrected chi connectivity index (χ1v) is 13.5. The molecule has 1 aliphatic heterocycles. The fourth-order valence-corrected chi connectivity index (χ4v) is 6.34. The lowest BCUT2D eigenvalue weighted by Gasteiger charge is -2.31. The van der Waals surface area contributed by atoms with E-state index in [-0.39, 0.29) is 11.6 Å². The number of hydrogen-bond donors (Lipinski definition) is 0. The summed E-state index contributed by atoms with van der Waals surface area (Å²) in [5.41, 5.74) is 6.41. The Hall–Kier alpha value is -4.10. The van der Waals surface area contributed by atoms with E-state index in [0.29, 0.717) is 27.4 Å². The van der Waals surface area contributed by atoms with Gasteiger partial charge in [0, 0.05) is 5.56 Å². The van der Waals surface area contributed by atoms with E-state index in [4.69, 9.17) is 19.2 Å². The Morgan fingerprint density at radius 1 is 1.00 bits per heavy atom. The second kappa shape index (κ2) is 9.99. The van der Waals surface area contributed by atoms with Crippen molar-refractivity contribution in [3.63, 3.8) is 0 Å². The first kappa shape index (κ1) is 24.2. The van der Waals surface area contributed by atoms with Crippen molar-refractivity contribution in [2.75, 3.05) is 20.8 Å². The van der Waals surface area contributed by atoms with Crippen molar-refractivity contribution in [1.82, 2.24) is 4.57 Å². The van der Waals surface area contributed by atoms with E-state index >= 15 is 0 Å². The monoisotopic (exact) mass is 524 g/mol. The second-order valence-electron chi connectivity index (χ2n) is 9.23. The normalized spacial score (nSPS) is 16.3. The van der Waals surface area contributed by atoms with Crippen LogP contribution in [0, 0.1) is 0 Å². The second-order valence-corrected chi connectivity index (χ2v) is 10.2. The molecule has 0 unspecified atom stereocenters. The molecule has 2 aliphatic rings. The third-order valence-electron chi connectivity index (χ3n) is 7.07. The molecule has 0 radical (unpaired) electrons. The highest BCUT2D eigenvalue weighted by molar-refractivity contribution is 7.07. The minimum Gasteiger partial charge on any atom is -0.497 e. The largest absolute Gasteiger partial charge is 0.497 e. The molecule has 0 fully saturated rings. The summed E-state index contributed by atoms with van der Waals surface area (Å²) < 4.78 is 19.2. The molecule has 0 saturated heterocycles. The van der Waals surface area contributed by atoms with Gasteiger partial charge in [0.05, 0.1) is 37.1 Å². The van der Waals surface area contributed by atoms with Crippen molar-refractivity contribution in [3.05, 3.63) is 114 Å². The van der Waals surface area contributed by atoms with Crippen LogP contribution < -0.4 is 29.1 Å². The smallest absolute Gasteiger partial charge is 0.271 e. The number of thiazole rings is 1. The lowest BCUT2D eigenvalue weighted by molar-refractivity contribution is 0.311. The average Bonchev–Trinajstić information content (AvgIpc) is 3.26. The highest BCUT2D eigenvalue weighted by atomic mass is 32.1. The lowest BCUT2D eigenvalue weighted by Crippen LogP contribution is -2.38. The van der Waals surface area contributed by atoms with E-state index in [1.807, 2.05) is 54.0 Å². The molecular formula is C31H28N2O4S. The topological polar surface area (TPSA) is 62.0 Å². The SMILES string of the molecule is CCOc1ccc(/C=c2\sc3n(c2=O)[C@H](c2cccc(OC)c2)C2=C(N=3)c3ccccc3CC2)cc1OC. The van der Waals surface area contributed by atoms with Crippen molar-refractivity contribution in [2.45, 2.75) is 25.8 Å². The average molecular weight is 525 g/mol. The Kier molecular flexibility index (Phi) is 6.37. The summed E-state index contributed by atoms with van der Waals surface area (Å²) in [6, 6.07) is 21.9. The van der Waals surface area contributed by atoms with Gasteiger partial charge in [0.1, 0.15) is 5.75 Å². The Morgan fingerprint density at radius 2 is 1.87 bits per heavy atom. The van der Waals surface area contributed by atoms with E-state index in [9.17, 15) is 4.79 Å². The molecule has 192 valence electrons. The zero-order valence-corrected chi connectivity index (χ0v) is 22.4. The number of nitrogens with zero attached hydrogens (tertiary/aromatic N) is 2. The molecule has 3 aromatic carbocycles. The van der Waals surface area contributed by atoms with Crippen LogP contribution >= 0.6 is 11.3 Å². The summed E-state index contributed by atoms with van der Waals surface area (Å²) >= 11 is 1.41. The van der Waals surface area contributed by atoms with Crippen LogP contribution in [0.3, 0.4) is 0 Å². The standard InChI is InChI=1S/C31H28N2O4S/c1-4-37-25-15-12-19(16-26(25)36-3)17-27-30(34)33-29(21-9-7-10-22(18-21)35-2)24-14-13-20-8-5-6-11-23(20)28(24)32-31(33)38-27/h5-12,15-18,29H,4,13-14H2,1-3H3/b27-17-/t29-/m1/s1. The van der Waals surface area contributed by atoms with Gasteiger partial charge >= 0.3 is 0 Å². The van der Waals surface area contributed by atoms with Crippen LogP contribution in [0.5, 0.6) is 17.2 Å². The van der Waals surface area contributed by atoms with Crippen molar-refractivity contribution in [3.8, 4) is 17.2 Å². The van der Waals surface area contributed by atoms with Gasteiger partial charge in [0.25, 0.3) is 5.56 Å². The van der Waals surface area contributed by atoms with Crippen LogP contribution in [0.2, 0.25) is 0 Å². The number of hydrogen-bond acceptors (Lipinski definition) is 6. The molecule has 7 heteroatoms. The Labute approximate surface area is 224 Å². The number of allylic oxidation sites excluding steroid dienone is 1. The zero-order valence-electron chi connectivity index (χ0n) is 21.6. The molecule has 0 amide bonds. The van der Waals surface area contributed by atoms with Crippen molar-refractivity contribution >= 4 is 23.1 Å². The lowest BCUT2D eigenvalue weighted by atomic mass is 9.83. The highest BCUT2D eigenvalue weighted by Gasteiger charge is 2.32. The van der Waals surface area contributed by atoms with Gasteiger partial charge in [-0.05, 0) is 72.4 Å². The molecule has 0 spiro atoms. The minimum atomic E-state index is -0.248. The van der Waals surface area contributed by atoms with Crippen LogP contribution in [0.4, 0.5) is 0 Å². The summed E-state index contributed by atoms with van der Waals surface area (Å²) in [5.74, 6) is 2.08. The molecule has 4 aromatic rings. The highest BCUT2D eigenvalue weighted by Crippen LogP contribution is 2.41. The predicted octanol–water partition coefficient (Wildman–Crippen LogP) is 4.73.